The molecular weight excluding hydrogens is 461 g/mol. The maximum atomic E-state index is 2.46. The fourth-order valence-electron chi connectivity index (χ4n) is 3.62. The van der Waals surface area contributed by atoms with Crippen molar-refractivity contribution < 1.29 is 0 Å². The van der Waals surface area contributed by atoms with Gasteiger partial charge in [-0.15, -0.1) is 11.8 Å². The van der Waals surface area contributed by atoms with Crippen LogP contribution in [0, 0.1) is 0 Å². The summed E-state index contributed by atoms with van der Waals surface area (Å²) in [6.07, 6.45) is 1.25. The number of hydrogen-bond donors (Lipinski definition) is 0. The van der Waals surface area contributed by atoms with E-state index < -0.39 is 0 Å². The van der Waals surface area contributed by atoms with Crippen LogP contribution in [0.15, 0.2) is 83.8 Å². The van der Waals surface area contributed by atoms with Crippen LogP contribution in [0.2, 0.25) is 0 Å². The van der Waals surface area contributed by atoms with Crippen LogP contribution in [0.3, 0.4) is 0 Å². The molecule has 0 saturated carbocycles. The van der Waals surface area contributed by atoms with Gasteiger partial charge in [0, 0.05) is 26.8 Å². The van der Waals surface area contributed by atoms with Gasteiger partial charge in [-0.1, -0.05) is 77.2 Å². The summed E-state index contributed by atoms with van der Waals surface area (Å²) in [5, 5.41) is 0. The minimum atomic E-state index is 1.17. The Morgan fingerprint density at radius 3 is 1.96 bits per heavy atom. The highest BCUT2D eigenvalue weighted by Gasteiger charge is 2.28. The van der Waals surface area contributed by atoms with Gasteiger partial charge in [-0.2, -0.15) is 0 Å². The zero-order valence-electron chi connectivity index (χ0n) is 15.4. The summed E-state index contributed by atoms with van der Waals surface area (Å²) in [6.45, 7) is 2.28. The van der Waals surface area contributed by atoms with E-state index in [0.717, 1.165) is 0 Å². The average molecular weight is 483 g/mol. The Kier molecular flexibility index (Phi) is 5.89. The molecule has 1 nitrogen and oxygen atoms in total. The number of anilines is 3. The van der Waals surface area contributed by atoms with Crippen LogP contribution in [0.1, 0.15) is 24.5 Å². The van der Waals surface area contributed by atoms with Gasteiger partial charge in [0.05, 0.1) is 11.4 Å². The highest BCUT2D eigenvalue weighted by atomic mass is 127. The van der Waals surface area contributed by atoms with Crippen molar-refractivity contribution in [3.05, 3.63) is 94.9 Å². The highest BCUT2D eigenvalue weighted by Crippen LogP contribution is 2.50. The van der Waals surface area contributed by atoms with E-state index in [2.05, 4.69) is 113 Å². The maximum absolute atomic E-state index is 2.46. The summed E-state index contributed by atoms with van der Waals surface area (Å²) in [5.41, 5.74) is 7.73. The first kappa shape index (κ1) is 18.6. The van der Waals surface area contributed by atoms with Crippen molar-refractivity contribution in [2.45, 2.75) is 13.3 Å². The molecule has 1 heterocycles. The molecule has 0 aliphatic carbocycles. The van der Waals surface area contributed by atoms with Gasteiger partial charge >= 0.3 is 0 Å². The molecule has 0 spiro atoms. The maximum Gasteiger partial charge on any atom is 0.0540 e. The van der Waals surface area contributed by atoms with Crippen LogP contribution < -0.4 is 4.90 Å². The summed E-state index contributed by atoms with van der Waals surface area (Å²) in [6, 6.07) is 28.2. The Morgan fingerprint density at radius 2 is 1.37 bits per heavy atom. The Hall–Kier alpha value is -1.72. The molecule has 0 radical (unpaired) electrons. The molecule has 0 atom stereocenters. The van der Waals surface area contributed by atoms with Crippen molar-refractivity contribution in [2.75, 3.05) is 15.1 Å². The van der Waals surface area contributed by atoms with Crippen LogP contribution in [0.4, 0.5) is 17.1 Å². The predicted octanol–water partition coefficient (Wildman–Crippen LogP) is 7.81. The molecule has 0 amide bonds. The summed E-state index contributed by atoms with van der Waals surface area (Å²) in [5.74, 6) is 1.17. The second-order valence-electron chi connectivity index (χ2n) is 6.53. The molecule has 27 heavy (non-hydrogen) atoms. The second kappa shape index (κ2) is 8.53. The number of nitrogens with zero attached hydrogens (tertiary/aromatic N) is 1. The number of alkyl halides is 1. The summed E-state index contributed by atoms with van der Waals surface area (Å²) < 4.78 is 1.21. The smallest absolute Gasteiger partial charge is 0.0540 e. The van der Waals surface area contributed by atoms with Gasteiger partial charge in [0.1, 0.15) is 0 Å². The fourth-order valence-corrected chi connectivity index (χ4v) is 5.48. The molecule has 1 aliphatic heterocycles. The minimum Gasteiger partial charge on any atom is -0.309 e. The molecule has 4 rings (SSSR count). The fraction of sp³-hybridized carbons (Fsp3) is 0.167. The van der Waals surface area contributed by atoms with Gasteiger partial charge in [0.15, 0.2) is 0 Å². The number of fused-ring (bicyclic) bond motifs is 2. The molecule has 0 N–H and O–H groups in total. The third-order valence-electron chi connectivity index (χ3n) is 4.79. The SMILES string of the molecule is CC(SCCCI)=C1c2ccccc2N(c2ccccc2)c2ccccc21. The normalized spacial score (nSPS) is 12.5. The summed E-state index contributed by atoms with van der Waals surface area (Å²) >= 11 is 4.45. The molecule has 136 valence electrons. The molecule has 0 unspecified atom stereocenters. The number of allylic oxidation sites excluding steroid dienone is 1. The second-order valence-corrected chi connectivity index (χ2v) is 8.92. The Bertz CT molecular complexity index is 915. The van der Waals surface area contributed by atoms with Crippen LogP contribution in [0.25, 0.3) is 5.57 Å². The van der Waals surface area contributed by atoms with E-state index in [1.54, 1.807) is 0 Å². The minimum absolute atomic E-state index is 1.17. The Morgan fingerprint density at radius 1 is 0.815 bits per heavy atom. The van der Waals surface area contributed by atoms with E-state index in [-0.39, 0.29) is 0 Å². The van der Waals surface area contributed by atoms with Gasteiger partial charge < -0.3 is 4.90 Å². The first-order chi connectivity index (χ1) is 13.3. The standard InChI is InChI=1S/C24H22INS/c1-18(27-17-9-16-25)24-20-12-5-7-14-22(20)26(19-10-3-2-4-11-19)23-15-8-6-13-21(23)24/h2-8,10-15H,9,16-17H2,1H3. The number of halogens is 1. The van der Waals surface area contributed by atoms with Crippen LogP contribution in [-0.2, 0) is 0 Å². The lowest BCUT2D eigenvalue weighted by atomic mass is 9.89. The number of benzene rings is 3. The molecule has 3 heteroatoms. The molecule has 0 bridgehead atoms. The molecule has 0 aromatic heterocycles. The van der Waals surface area contributed by atoms with Gasteiger partial charge in [-0.25, -0.2) is 0 Å². The third kappa shape index (κ3) is 3.67. The van der Waals surface area contributed by atoms with Crippen molar-refractivity contribution in [3.8, 4) is 0 Å². The number of thioether (sulfide) groups is 1. The molecular formula is C24H22INS. The third-order valence-corrected chi connectivity index (χ3v) is 6.68. The van der Waals surface area contributed by atoms with Crippen LogP contribution in [-0.4, -0.2) is 10.2 Å². The van der Waals surface area contributed by atoms with Gasteiger partial charge in [0.2, 0.25) is 0 Å². The summed E-state index contributed by atoms with van der Waals surface area (Å²) in [7, 11) is 0. The van der Waals surface area contributed by atoms with E-state index in [9.17, 15) is 0 Å². The number of hydrogen-bond acceptors (Lipinski definition) is 2. The van der Waals surface area contributed by atoms with Crippen molar-refractivity contribution in [3.63, 3.8) is 0 Å². The average Bonchev–Trinajstić information content (AvgIpc) is 2.72. The van der Waals surface area contributed by atoms with Gasteiger partial charge in [-0.05, 0) is 48.3 Å². The Labute approximate surface area is 179 Å². The van der Waals surface area contributed by atoms with E-state index in [4.69, 9.17) is 0 Å². The van der Waals surface area contributed by atoms with E-state index in [0.29, 0.717) is 0 Å². The van der Waals surface area contributed by atoms with Gasteiger partial charge in [0.25, 0.3) is 0 Å². The van der Waals surface area contributed by atoms with Crippen molar-refractivity contribution >= 4 is 57.0 Å². The van der Waals surface area contributed by atoms with Crippen molar-refractivity contribution in [2.24, 2.45) is 0 Å². The summed E-state index contributed by atoms with van der Waals surface area (Å²) in [4.78, 5) is 3.80. The molecule has 1 aliphatic rings. The molecule has 0 fully saturated rings. The zero-order chi connectivity index (χ0) is 18.6. The monoisotopic (exact) mass is 483 g/mol. The first-order valence-corrected chi connectivity index (χ1v) is 11.8. The van der Waals surface area contributed by atoms with E-state index in [1.807, 2.05) is 11.8 Å². The topological polar surface area (TPSA) is 3.24 Å². The number of rotatable bonds is 5. The lowest BCUT2D eigenvalue weighted by Crippen LogP contribution is -2.18. The molecule has 0 saturated heterocycles. The van der Waals surface area contributed by atoms with E-state index >= 15 is 0 Å². The molecule has 3 aromatic carbocycles. The van der Waals surface area contributed by atoms with Crippen LogP contribution in [0.5, 0.6) is 0 Å². The van der Waals surface area contributed by atoms with Crippen molar-refractivity contribution in [1.82, 2.24) is 0 Å². The van der Waals surface area contributed by atoms with E-state index in [1.165, 1.54) is 55.3 Å². The highest BCUT2D eigenvalue weighted by molar-refractivity contribution is 14.1. The first-order valence-electron chi connectivity index (χ1n) is 9.25. The van der Waals surface area contributed by atoms with Crippen molar-refractivity contribution in [1.29, 1.82) is 0 Å². The van der Waals surface area contributed by atoms with Gasteiger partial charge in [-0.3, -0.25) is 0 Å². The number of para-hydroxylation sites is 3. The largest absolute Gasteiger partial charge is 0.309 e. The Balaban J connectivity index is 1.92. The quantitative estimate of drug-likeness (QED) is 0.162. The van der Waals surface area contributed by atoms with Crippen LogP contribution >= 0.6 is 34.4 Å². The zero-order valence-corrected chi connectivity index (χ0v) is 18.3. The molecule has 3 aromatic rings. The predicted molar refractivity (Wildman–Crippen MR) is 129 cm³/mol. The lowest BCUT2D eigenvalue weighted by molar-refractivity contribution is 1.15. The lowest BCUT2D eigenvalue weighted by Gasteiger charge is -2.35.